The molecule has 0 aromatic rings. The van der Waals surface area contributed by atoms with Gasteiger partial charge >= 0.3 is 6.18 Å². The molecular formula is C14H25F3N2. The van der Waals surface area contributed by atoms with E-state index in [1.807, 2.05) is 0 Å². The first kappa shape index (κ1) is 15.1. The first-order valence-corrected chi connectivity index (χ1v) is 7.43. The van der Waals surface area contributed by atoms with Gasteiger partial charge in [-0.3, -0.25) is 4.90 Å². The van der Waals surface area contributed by atoms with Crippen LogP contribution >= 0.6 is 0 Å². The molecular weight excluding hydrogens is 253 g/mol. The summed E-state index contributed by atoms with van der Waals surface area (Å²) in [7, 11) is 2.14. The Morgan fingerprint density at radius 1 is 0.947 bits per heavy atom. The van der Waals surface area contributed by atoms with Gasteiger partial charge in [-0.2, -0.15) is 13.2 Å². The van der Waals surface area contributed by atoms with E-state index in [9.17, 15) is 13.2 Å². The number of piperazine rings is 1. The molecule has 112 valence electrons. The van der Waals surface area contributed by atoms with E-state index in [-0.39, 0.29) is 0 Å². The molecule has 19 heavy (non-hydrogen) atoms. The van der Waals surface area contributed by atoms with Gasteiger partial charge < -0.3 is 4.90 Å². The average Bonchev–Trinajstić information content (AvgIpc) is 2.37. The Labute approximate surface area is 113 Å². The molecule has 0 unspecified atom stereocenters. The third-order valence-corrected chi connectivity index (χ3v) is 4.71. The maximum Gasteiger partial charge on any atom is 0.389 e. The SMILES string of the molecule is CN1CCN(C2CCC(CCC(F)(F)F)CC2)CC1. The van der Waals surface area contributed by atoms with Crippen molar-refractivity contribution >= 4 is 0 Å². The summed E-state index contributed by atoms with van der Waals surface area (Å²) in [6, 6.07) is 0.621. The molecule has 0 spiro atoms. The molecule has 5 heteroatoms. The van der Waals surface area contributed by atoms with Crippen molar-refractivity contribution in [3.63, 3.8) is 0 Å². The average molecular weight is 278 g/mol. The van der Waals surface area contributed by atoms with Gasteiger partial charge in [0.2, 0.25) is 0 Å². The van der Waals surface area contributed by atoms with E-state index in [4.69, 9.17) is 0 Å². The second-order valence-electron chi connectivity index (χ2n) is 6.17. The zero-order chi connectivity index (χ0) is 13.9. The lowest BCUT2D eigenvalue weighted by Gasteiger charge is -2.41. The summed E-state index contributed by atoms with van der Waals surface area (Å²) in [6.45, 7) is 4.48. The van der Waals surface area contributed by atoms with Gasteiger partial charge in [0, 0.05) is 38.6 Å². The number of rotatable bonds is 3. The second-order valence-corrected chi connectivity index (χ2v) is 6.17. The summed E-state index contributed by atoms with van der Waals surface area (Å²) in [6.07, 6.45) is -0.108. The smallest absolute Gasteiger partial charge is 0.304 e. The van der Waals surface area contributed by atoms with E-state index in [1.54, 1.807) is 0 Å². The van der Waals surface area contributed by atoms with Crippen molar-refractivity contribution < 1.29 is 13.2 Å². The van der Waals surface area contributed by atoms with Crippen LogP contribution in [0.4, 0.5) is 13.2 Å². The monoisotopic (exact) mass is 278 g/mol. The summed E-state index contributed by atoms with van der Waals surface area (Å²) >= 11 is 0. The van der Waals surface area contributed by atoms with Gasteiger partial charge in [-0.1, -0.05) is 0 Å². The largest absolute Gasteiger partial charge is 0.389 e. The molecule has 1 aliphatic carbocycles. The van der Waals surface area contributed by atoms with Crippen LogP contribution < -0.4 is 0 Å². The zero-order valence-electron chi connectivity index (χ0n) is 11.8. The van der Waals surface area contributed by atoms with Crippen molar-refractivity contribution in [3.8, 4) is 0 Å². The highest BCUT2D eigenvalue weighted by atomic mass is 19.4. The quantitative estimate of drug-likeness (QED) is 0.782. The van der Waals surface area contributed by atoms with E-state index in [2.05, 4.69) is 16.8 Å². The lowest BCUT2D eigenvalue weighted by Crippen LogP contribution is -2.49. The molecule has 2 aliphatic rings. The number of hydrogen-bond donors (Lipinski definition) is 0. The summed E-state index contributed by atoms with van der Waals surface area (Å²) in [5, 5.41) is 0. The van der Waals surface area contributed by atoms with Crippen molar-refractivity contribution in [1.82, 2.24) is 9.80 Å². The standard InChI is InChI=1S/C14H25F3N2/c1-18-8-10-19(11-9-18)13-4-2-12(3-5-13)6-7-14(15,16)17/h12-13H,2-11H2,1H3. The molecule has 0 aromatic heterocycles. The lowest BCUT2D eigenvalue weighted by atomic mass is 9.82. The first-order chi connectivity index (χ1) is 8.94. The summed E-state index contributed by atoms with van der Waals surface area (Å²) in [4.78, 5) is 4.88. The Morgan fingerprint density at radius 3 is 2.05 bits per heavy atom. The fourth-order valence-electron chi connectivity index (χ4n) is 3.35. The van der Waals surface area contributed by atoms with E-state index in [0.717, 1.165) is 51.9 Å². The Kier molecular flexibility index (Phi) is 5.12. The molecule has 1 saturated heterocycles. The van der Waals surface area contributed by atoms with Crippen molar-refractivity contribution in [3.05, 3.63) is 0 Å². The topological polar surface area (TPSA) is 6.48 Å². The second kappa shape index (κ2) is 6.44. The number of hydrogen-bond acceptors (Lipinski definition) is 2. The van der Waals surface area contributed by atoms with Crippen LogP contribution in [0.25, 0.3) is 0 Å². The van der Waals surface area contributed by atoms with E-state index in [1.165, 1.54) is 0 Å². The zero-order valence-corrected chi connectivity index (χ0v) is 11.8. The molecule has 2 rings (SSSR count). The van der Waals surface area contributed by atoms with Crippen LogP contribution in [0.1, 0.15) is 38.5 Å². The fourth-order valence-corrected chi connectivity index (χ4v) is 3.35. The van der Waals surface area contributed by atoms with Crippen LogP contribution in [0.3, 0.4) is 0 Å². The van der Waals surface area contributed by atoms with Gasteiger partial charge in [-0.05, 0) is 45.1 Å². The predicted octanol–water partition coefficient (Wildman–Crippen LogP) is 3.14. The molecule has 0 radical (unpaired) electrons. The summed E-state index contributed by atoms with van der Waals surface area (Å²) in [5.74, 6) is 0.297. The van der Waals surface area contributed by atoms with Crippen molar-refractivity contribution in [2.45, 2.75) is 50.7 Å². The van der Waals surface area contributed by atoms with Crippen molar-refractivity contribution in [1.29, 1.82) is 0 Å². The number of likely N-dealkylation sites (N-methyl/N-ethyl adjacent to an activating group) is 1. The molecule has 2 nitrogen and oxygen atoms in total. The Balaban J connectivity index is 1.67. The van der Waals surface area contributed by atoms with Crippen LogP contribution in [0.15, 0.2) is 0 Å². The maximum absolute atomic E-state index is 12.2. The van der Waals surface area contributed by atoms with Gasteiger partial charge in [-0.25, -0.2) is 0 Å². The minimum Gasteiger partial charge on any atom is -0.304 e. The van der Waals surface area contributed by atoms with Gasteiger partial charge in [0.25, 0.3) is 0 Å². The molecule has 0 atom stereocenters. The van der Waals surface area contributed by atoms with E-state index >= 15 is 0 Å². The van der Waals surface area contributed by atoms with Gasteiger partial charge in [-0.15, -0.1) is 0 Å². The molecule has 0 amide bonds. The Bertz CT molecular complexity index is 264. The van der Waals surface area contributed by atoms with E-state index < -0.39 is 12.6 Å². The predicted molar refractivity (Wildman–Crippen MR) is 70.1 cm³/mol. The van der Waals surface area contributed by atoms with Crippen LogP contribution in [0, 0.1) is 5.92 Å². The molecule has 1 saturated carbocycles. The highest BCUT2D eigenvalue weighted by Crippen LogP contribution is 2.33. The molecule has 0 bridgehead atoms. The lowest BCUT2D eigenvalue weighted by molar-refractivity contribution is -0.138. The van der Waals surface area contributed by atoms with Crippen molar-refractivity contribution in [2.75, 3.05) is 33.2 Å². The molecule has 0 aromatic carbocycles. The summed E-state index contributed by atoms with van der Waals surface area (Å²) < 4.78 is 36.6. The van der Waals surface area contributed by atoms with Gasteiger partial charge in [0.15, 0.2) is 0 Å². The first-order valence-electron chi connectivity index (χ1n) is 7.43. The molecule has 1 heterocycles. The van der Waals surface area contributed by atoms with Crippen LogP contribution in [0.2, 0.25) is 0 Å². The normalized spacial score (nSPS) is 31.6. The van der Waals surface area contributed by atoms with Crippen molar-refractivity contribution in [2.24, 2.45) is 5.92 Å². The van der Waals surface area contributed by atoms with Crippen LogP contribution in [-0.2, 0) is 0 Å². The third kappa shape index (κ3) is 4.95. The number of nitrogens with zero attached hydrogens (tertiary/aromatic N) is 2. The Hall–Kier alpha value is -0.290. The Morgan fingerprint density at radius 2 is 1.53 bits per heavy atom. The van der Waals surface area contributed by atoms with Gasteiger partial charge in [0.05, 0.1) is 0 Å². The van der Waals surface area contributed by atoms with Crippen LogP contribution in [-0.4, -0.2) is 55.2 Å². The highest BCUT2D eigenvalue weighted by molar-refractivity contribution is 4.82. The molecule has 1 aliphatic heterocycles. The molecule has 2 fully saturated rings. The van der Waals surface area contributed by atoms with Crippen LogP contribution in [0.5, 0.6) is 0 Å². The minimum atomic E-state index is -3.98. The maximum atomic E-state index is 12.2. The third-order valence-electron chi connectivity index (χ3n) is 4.71. The molecule has 0 N–H and O–H groups in total. The number of halogens is 3. The van der Waals surface area contributed by atoms with Gasteiger partial charge in [0.1, 0.15) is 0 Å². The summed E-state index contributed by atoms with van der Waals surface area (Å²) in [5.41, 5.74) is 0. The minimum absolute atomic E-state index is 0.297. The number of alkyl halides is 3. The fraction of sp³-hybridized carbons (Fsp3) is 1.00. The highest BCUT2D eigenvalue weighted by Gasteiger charge is 2.31. The van der Waals surface area contributed by atoms with E-state index in [0.29, 0.717) is 18.4 Å².